The molecule has 21 heavy (non-hydrogen) atoms. The third-order valence-corrected chi connectivity index (χ3v) is 6.32. The smallest absolute Gasteiger partial charge is 0.229 e. The Balaban J connectivity index is 2.91. The predicted octanol–water partition coefficient (Wildman–Crippen LogP) is 4.16. The lowest BCUT2D eigenvalue weighted by Gasteiger charge is -2.39. The Morgan fingerprint density at radius 1 is 1.24 bits per heavy atom. The van der Waals surface area contributed by atoms with Crippen molar-refractivity contribution in [3.63, 3.8) is 0 Å². The van der Waals surface area contributed by atoms with Crippen LogP contribution in [0.1, 0.15) is 74.7 Å². The number of imide groups is 1. The Bertz CT molecular complexity index is 421. The van der Waals surface area contributed by atoms with Crippen molar-refractivity contribution >= 4 is 12.3 Å². The van der Waals surface area contributed by atoms with Gasteiger partial charge in [-0.05, 0) is 40.9 Å². The van der Waals surface area contributed by atoms with Crippen LogP contribution in [0.5, 0.6) is 0 Å². The molecule has 1 saturated carbocycles. The average Bonchev–Trinajstić information content (AvgIpc) is 2.80. The van der Waals surface area contributed by atoms with Gasteiger partial charge in [0.05, 0.1) is 0 Å². The number of hydrogen-bond acceptors (Lipinski definition) is 2. The van der Waals surface area contributed by atoms with Gasteiger partial charge in [0.2, 0.25) is 12.3 Å². The van der Waals surface area contributed by atoms with Gasteiger partial charge < -0.3 is 0 Å². The number of nitrogens with one attached hydrogen (secondary N) is 1. The van der Waals surface area contributed by atoms with Crippen LogP contribution < -0.4 is 5.32 Å². The second-order valence-corrected chi connectivity index (χ2v) is 9.07. The zero-order valence-electron chi connectivity index (χ0n) is 15.1. The lowest BCUT2D eigenvalue weighted by molar-refractivity contribution is -0.132. The second-order valence-electron chi connectivity index (χ2n) is 9.07. The minimum absolute atomic E-state index is 0.112. The number of rotatable bonds is 6. The molecule has 0 aliphatic heterocycles. The molecule has 1 aliphatic rings. The van der Waals surface area contributed by atoms with E-state index in [4.69, 9.17) is 0 Å². The standard InChI is InChI=1S/C18H33NO2/c1-9-13(14(21)19-12-20)16(5,6)10-17(7)11-18(17,8)15(2,3)4/h12-13H,9-11H2,1-8H3,(H,19,20,21). The molecule has 1 aliphatic carbocycles. The summed E-state index contributed by atoms with van der Waals surface area (Å²) in [5.41, 5.74) is 0.741. The largest absolute Gasteiger partial charge is 0.299 e. The Hall–Kier alpha value is -0.860. The molecule has 0 heterocycles. The van der Waals surface area contributed by atoms with Gasteiger partial charge in [-0.3, -0.25) is 14.9 Å². The van der Waals surface area contributed by atoms with E-state index in [-0.39, 0.29) is 28.1 Å². The van der Waals surface area contributed by atoms with Gasteiger partial charge in [0, 0.05) is 5.92 Å². The minimum Gasteiger partial charge on any atom is -0.299 e. The third-order valence-electron chi connectivity index (χ3n) is 6.32. The number of carbonyl (C=O) groups excluding carboxylic acids is 2. The summed E-state index contributed by atoms with van der Waals surface area (Å²) < 4.78 is 0. The maximum absolute atomic E-state index is 12.1. The van der Waals surface area contributed by atoms with Crippen molar-refractivity contribution < 1.29 is 9.59 Å². The van der Waals surface area contributed by atoms with Crippen molar-refractivity contribution in [3.05, 3.63) is 0 Å². The van der Waals surface area contributed by atoms with Crippen LogP contribution in [0, 0.1) is 27.6 Å². The Morgan fingerprint density at radius 3 is 2.10 bits per heavy atom. The number of hydrogen-bond donors (Lipinski definition) is 1. The zero-order chi connectivity index (χ0) is 16.7. The van der Waals surface area contributed by atoms with E-state index in [2.05, 4.69) is 53.8 Å². The molecule has 1 fully saturated rings. The summed E-state index contributed by atoms with van der Waals surface area (Å²) in [5, 5.41) is 2.34. The van der Waals surface area contributed by atoms with Gasteiger partial charge in [0.1, 0.15) is 0 Å². The van der Waals surface area contributed by atoms with Gasteiger partial charge in [-0.25, -0.2) is 0 Å². The summed E-state index contributed by atoms with van der Waals surface area (Å²) in [7, 11) is 0. The molecule has 0 radical (unpaired) electrons. The summed E-state index contributed by atoms with van der Waals surface area (Å²) in [6.45, 7) is 18.0. The molecule has 0 bridgehead atoms. The first-order chi connectivity index (χ1) is 9.34. The van der Waals surface area contributed by atoms with Crippen molar-refractivity contribution in [2.45, 2.75) is 74.7 Å². The highest BCUT2D eigenvalue weighted by atomic mass is 16.2. The van der Waals surface area contributed by atoms with Gasteiger partial charge in [-0.2, -0.15) is 0 Å². The summed E-state index contributed by atoms with van der Waals surface area (Å²) in [5.74, 6) is -0.261. The van der Waals surface area contributed by atoms with Gasteiger partial charge in [-0.15, -0.1) is 0 Å². The lowest BCUT2D eigenvalue weighted by atomic mass is 9.65. The predicted molar refractivity (Wildman–Crippen MR) is 86.7 cm³/mol. The van der Waals surface area contributed by atoms with E-state index in [1.54, 1.807) is 0 Å². The van der Waals surface area contributed by atoms with Crippen molar-refractivity contribution in [1.29, 1.82) is 0 Å². The Labute approximate surface area is 130 Å². The molecule has 1 N–H and O–H groups in total. The second kappa shape index (κ2) is 5.40. The molecule has 3 heteroatoms. The Morgan fingerprint density at radius 2 is 1.76 bits per heavy atom. The molecular weight excluding hydrogens is 262 g/mol. The quantitative estimate of drug-likeness (QED) is 0.748. The van der Waals surface area contributed by atoms with E-state index in [0.29, 0.717) is 11.8 Å². The van der Waals surface area contributed by atoms with Crippen LogP contribution in [-0.2, 0) is 9.59 Å². The van der Waals surface area contributed by atoms with Gasteiger partial charge in [0.25, 0.3) is 0 Å². The first-order valence-electron chi connectivity index (χ1n) is 8.09. The molecule has 122 valence electrons. The molecule has 3 unspecified atom stereocenters. The van der Waals surface area contributed by atoms with Gasteiger partial charge in [0.15, 0.2) is 0 Å². The zero-order valence-corrected chi connectivity index (χ0v) is 15.1. The van der Waals surface area contributed by atoms with E-state index < -0.39 is 0 Å². The van der Waals surface area contributed by atoms with Crippen LogP contribution in [0.2, 0.25) is 0 Å². The van der Waals surface area contributed by atoms with E-state index in [1.807, 2.05) is 6.92 Å². The molecule has 3 nitrogen and oxygen atoms in total. The molecule has 0 spiro atoms. The first-order valence-corrected chi connectivity index (χ1v) is 8.09. The summed E-state index contributed by atoms with van der Waals surface area (Å²) >= 11 is 0. The molecule has 2 amide bonds. The van der Waals surface area contributed by atoms with Crippen LogP contribution in [0.25, 0.3) is 0 Å². The van der Waals surface area contributed by atoms with Crippen LogP contribution in [0.4, 0.5) is 0 Å². The van der Waals surface area contributed by atoms with Crippen LogP contribution in [0.15, 0.2) is 0 Å². The Kier molecular flexibility index (Phi) is 4.68. The van der Waals surface area contributed by atoms with Crippen molar-refractivity contribution in [3.8, 4) is 0 Å². The number of amides is 2. The first kappa shape index (κ1) is 18.2. The molecule has 1 rings (SSSR count). The van der Waals surface area contributed by atoms with E-state index in [0.717, 1.165) is 12.8 Å². The van der Waals surface area contributed by atoms with E-state index in [1.165, 1.54) is 6.42 Å². The fourth-order valence-corrected chi connectivity index (χ4v) is 4.54. The minimum atomic E-state index is -0.140. The average molecular weight is 295 g/mol. The third kappa shape index (κ3) is 3.17. The molecule has 0 saturated heterocycles. The normalized spacial score (nSPS) is 30.7. The summed E-state index contributed by atoms with van der Waals surface area (Å²) in [4.78, 5) is 22.7. The maximum Gasteiger partial charge on any atom is 0.229 e. The van der Waals surface area contributed by atoms with Crippen LogP contribution >= 0.6 is 0 Å². The molecule has 0 aromatic carbocycles. The van der Waals surface area contributed by atoms with Crippen molar-refractivity contribution in [2.24, 2.45) is 27.6 Å². The SMILES string of the molecule is CCC(C(=O)NC=O)C(C)(C)CC1(C)CC1(C)C(C)(C)C. The molecule has 0 aromatic heterocycles. The van der Waals surface area contributed by atoms with Gasteiger partial charge in [-0.1, -0.05) is 55.4 Å². The summed E-state index contributed by atoms with van der Waals surface area (Å²) in [6, 6.07) is 0. The van der Waals surface area contributed by atoms with Crippen molar-refractivity contribution in [2.75, 3.05) is 0 Å². The lowest BCUT2D eigenvalue weighted by Crippen LogP contribution is -2.40. The number of carbonyl (C=O) groups is 2. The molecule has 3 atom stereocenters. The highest BCUT2D eigenvalue weighted by molar-refractivity contribution is 5.88. The fraction of sp³-hybridized carbons (Fsp3) is 0.889. The molecular formula is C18H33NO2. The van der Waals surface area contributed by atoms with Crippen LogP contribution in [0.3, 0.4) is 0 Å². The fourth-order valence-electron chi connectivity index (χ4n) is 4.54. The molecule has 0 aromatic rings. The van der Waals surface area contributed by atoms with Crippen molar-refractivity contribution in [1.82, 2.24) is 5.32 Å². The maximum atomic E-state index is 12.1. The van der Waals surface area contributed by atoms with E-state index >= 15 is 0 Å². The monoisotopic (exact) mass is 295 g/mol. The van der Waals surface area contributed by atoms with E-state index in [9.17, 15) is 9.59 Å². The highest BCUT2D eigenvalue weighted by Crippen LogP contribution is 2.74. The topological polar surface area (TPSA) is 46.2 Å². The van der Waals surface area contributed by atoms with Crippen LogP contribution in [-0.4, -0.2) is 12.3 Å². The highest BCUT2D eigenvalue weighted by Gasteiger charge is 2.67. The summed E-state index contributed by atoms with van der Waals surface area (Å²) in [6.07, 6.45) is 3.48. The van der Waals surface area contributed by atoms with Gasteiger partial charge >= 0.3 is 0 Å².